The predicted octanol–water partition coefficient (Wildman–Crippen LogP) is 2.74. The maximum atomic E-state index is 12.9. The molecule has 4 rings (SSSR count). The Bertz CT molecular complexity index is 1030. The summed E-state index contributed by atoms with van der Waals surface area (Å²) in [4.78, 5) is 19.3. The number of carbonyl (C=O) groups excluding carboxylic acids is 1. The monoisotopic (exact) mass is 449 g/mol. The normalized spacial score (nSPS) is 18.1. The van der Waals surface area contributed by atoms with Gasteiger partial charge in [-0.1, -0.05) is 17.7 Å². The number of amides is 1. The molecule has 0 aliphatic carbocycles. The number of piperidine rings is 1. The van der Waals surface area contributed by atoms with E-state index in [1.807, 2.05) is 23.1 Å². The third kappa shape index (κ3) is 4.77. The summed E-state index contributed by atoms with van der Waals surface area (Å²) in [6.07, 6.45) is 3.30. The van der Waals surface area contributed by atoms with Gasteiger partial charge >= 0.3 is 0 Å². The minimum absolute atomic E-state index is 0.0636. The van der Waals surface area contributed by atoms with E-state index >= 15 is 0 Å². The number of fused-ring (bicyclic) bond motifs is 1. The number of rotatable bonds is 4. The van der Waals surface area contributed by atoms with E-state index in [0.717, 1.165) is 29.8 Å². The van der Waals surface area contributed by atoms with Crippen LogP contribution in [-0.2, 0) is 23.0 Å². The zero-order valence-electron chi connectivity index (χ0n) is 16.8. The van der Waals surface area contributed by atoms with E-state index in [0.29, 0.717) is 43.3 Å². The van der Waals surface area contributed by atoms with Crippen molar-refractivity contribution in [2.24, 2.45) is 0 Å². The Labute approximate surface area is 181 Å². The second-order valence-electron chi connectivity index (χ2n) is 7.71. The lowest BCUT2D eigenvalue weighted by atomic mass is 10.0. The minimum atomic E-state index is -3.23. The lowest BCUT2D eigenvalue weighted by molar-refractivity contribution is 0.0589. The quantitative estimate of drug-likeness (QED) is 0.717. The number of halogens is 1. The number of benzene rings is 1. The van der Waals surface area contributed by atoms with Gasteiger partial charge in [0.25, 0.3) is 5.91 Å². The van der Waals surface area contributed by atoms with Crippen LogP contribution in [0.3, 0.4) is 0 Å². The van der Waals surface area contributed by atoms with Crippen LogP contribution in [0, 0.1) is 0 Å². The Kier molecular flexibility index (Phi) is 5.99. The van der Waals surface area contributed by atoms with Crippen molar-refractivity contribution in [3.05, 3.63) is 58.4 Å². The van der Waals surface area contributed by atoms with Gasteiger partial charge in [-0.2, -0.15) is 4.31 Å². The topological polar surface area (TPSA) is 79.8 Å². The van der Waals surface area contributed by atoms with E-state index in [4.69, 9.17) is 16.3 Å². The zero-order chi connectivity index (χ0) is 21.3. The van der Waals surface area contributed by atoms with Crippen molar-refractivity contribution in [3.63, 3.8) is 0 Å². The van der Waals surface area contributed by atoms with Crippen LogP contribution in [-0.4, -0.2) is 60.5 Å². The molecule has 30 heavy (non-hydrogen) atoms. The van der Waals surface area contributed by atoms with Crippen LogP contribution >= 0.6 is 11.6 Å². The average Bonchev–Trinajstić information content (AvgIpc) is 2.74. The molecule has 0 unspecified atom stereocenters. The van der Waals surface area contributed by atoms with Crippen LogP contribution < -0.4 is 4.74 Å². The number of nitrogens with zero attached hydrogens (tertiary/aromatic N) is 3. The highest BCUT2D eigenvalue weighted by molar-refractivity contribution is 7.88. The Morgan fingerprint density at radius 3 is 2.47 bits per heavy atom. The fraction of sp³-hybridized carbons (Fsp3) is 0.429. The first-order valence-electron chi connectivity index (χ1n) is 9.95. The summed E-state index contributed by atoms with van der Waals surface area (Å²) in [5, 5.41) is 0.671. The molecule has 0 atom stereocenters. The highest BCUT2D eigenvalue weighted by Crippen LogP contribution is 2.23. The predicted molar refractivity (Wildman–Crippen MR) is 114 cm³/mol. The van der Waals surface area contributed by atoms with Crippen LogP contribution in [0.2, 0.25) is 5.02 Å². The number of hydrogen-bond acceptors (Lipinski definition) is 5. The molecule has 0 bridgehead atoms. The van der Waals surface area contributed by atoms with E-state index in [-0.39, 0.29) is 12.0 Å². The van der Waals surface area contributed by atoms with Gasteiger partial charge < -0.3 is 9.64 Å². The highest BCUT2D eigenvalue weighted by Gasteiger charge is 2.28. The number of pyridine rings is 1. The lowest BCUT2D eigenvalue weighted by Gasteiger charge is -2.32. The molecule has 0 radical (unpaired) electrons. The maximum Gasteiger partial charge on any atom is 0.272 e. The van der Waals surface area contributed by atoms with Crippen molar-refractivity contribution in [1.29, 1.82) is 0 Å². The van der Waals surface area contributed by atoms with Crippen LogP contribution in [0.5, 0.6) is 5.75 Å². The molecular formula is C21H24ClN3O4S. The van der Waals surface area contributed by atoms with Crippen molar-refractivity contribution in [1.82, 2.24) is 14.2 Å². The highest BCUT2D eigenvalue weighted by atomic mass is 35.5. The van der Waals surface area contributed by atoms with Crippen molar-refractivity contribution in [3.8, 4) is 5.75 Å². The van der Waals surface area contributed by atoms with E-state index in [1.54, 1.807) is 18.2 Å². The fourth-order valence-electron chi connectivity index (χ4n) is 3.84. The van der Waals surface area contributed by atoms with Gasteiger partial charge in [0, 0.05) is 56.2 Å². The summed E-state index contributed by atoms with van der Waals surface area (Å²) in [5.41, 5.74) is 2.08. The third-order valence-corrected chi connectivity index (χ3v) is 7.05. The number of hydrogen-bond donors (Lipinski definition) is 0. The van der Waals surface area contributed by atoms with Crippen LogP contribution in [0.25, 0.3) is 0 Å². The standard InChI is InChI=1S/C21H24ClN3O4S/c1-30(27,28)25-13-10-19-15(14-25)2-7-20(23-19)21(26)24-11-8-18(9-12-24)29-17-5-3-16(22)4-6-17/h2-7,18H,8-14H2,1H3. The Balaban J connectivity index is 1.36. The smallest absolute Gasteiger partial charge is 0.272 e. The molecule has 0 saturated carbocycles. The summed E-state index contributed by atoms with van der Waals surface area (Å²) >= 11 is 5.90. The van der Waals surface area contributed by atoms with E-state index in [9.17, 15) is 13.2 Å². The summed E-state index contributed by atoms with van der Waals surface area (Å²) in [5.74, 6) is 0.692. The molecule has 2 aliphatic rings. The van der Waals surface area contributed by atoms with Crippen molar-refractivity contribution in [2.45, 2.75) is 31.9 Å². The second kappa shape index (κ2) is 8.53. The molecule has 3 heterocycles. The maximum absolute atomic E-state index is 12.9. The number of aromatic nitrogens is 1. The molecule has 160 valence electrons. The molecule has 9 heteroatoms. The van der Waals surface area contributed by atoms with Gasteiger partial charge in [-0.25, -0.2) is 13.4 Å². The van der Waals surface area contributed by atoms with Gasteiger partial charge in [-0.3, -0.25) is 4.79 Å². The lowest BCUT2D eigenvalue weighted by Crippen LogP contribution is -2.42. The molecule has 7 nitrogen and oxygen atoms in total. The number of ether oxygens (including phenoxy) is 1. The first kappa shape index (κ1) is 21.1. The molecule has 2 aromatic rings. The molecule has 1 amide bonds. The Hall–Kier alpha value is -2.16. The molecule has 0 N–H and O–H groups in total. The molecule has 1 saturated heterocycles. The van der Waals surface area contributed by atoms with Gasteiger partial charge in [-0.15, -0.1) is 0 Å². The SMILES string of the molecule is CS(=O)(=O)N1CCc2nc(C(=O)N3CCC(Oc4ccc(Cl)cc4)CC3)ccc2C1. The number of likely N-dealkylation sites (tertiary alicyclic amines) is 1. The van der Waals surface area contributed by atoms with E-state index in [1.165, 1.54) is 10.6 Å². The number of sulfonamides is 1. The summed E-state index contributed by atoms with van der Waals surface area (Å²) < 4.78 is 31.0. The molecular weight excluding hydrogens is 426 g/mol. The summed E-state index contributed by atoms with van der Waals surface area (Å²) in [6, 6.07) is 10.8. The van der Waals surface area contributed by atoms with Gasteiger partial charge in [-0.05, 0) is 35.9 Å². The molecule has 2 aliphatic heterocycles. The minimum Gasteiger partial charge on any atom is -0.490 e. The second-order valence-corrected chi connectivity index (χ2v) is 10.1. The van der Waals surface area contributed by atoms with Gasteiger partial charge in [0.2, 0.25) is 10.0 Å². The molecule has 1 aromatic carbocycles. The van der Waals surface area contributed by atoms with Gasteiger partial charge in [0.05, 0.1) is 6.26 Å². The number of carbonyl (C=O) groups is 1. The van der Waals surface area contributed by atoms with Gasteiger partial charge in [0.1, 0.15) is 17.5 Å². The first-order chi connectivity index (χ1) is 14.3. The van der Waals surface area contributed by atoms with Crippen molar-refractivity contribution in [2.75, 3.05) is 25.9 Å². The summed E-state index contributed by atoms with van der Waals surface area (Å²) in [7, 11) is -3.23. The van der Waals surface area contributed by atoms with Crippen LogP contribution in [0.15, 0.2) is 36.4 Å². The van der Waals surface area contributed by atoms with E-state index in [2.05, 4.69) is 4.98 Å². The van der Waals surface area contributed by atoms with Gasteiger partial charge in [0.15, 0.2) is 0 Å². The molecule has 0 spiro atoms. The zero-order valence-corrected chi connectivity index (χ0v) is 18.3. The Morgan fingerprint density at radius 1 is 1.10 bits per heavy atom. The van der Waals surface area contributed by atoms with Crippen LogP contribution in [0.1, 0.15) is 34.6 Å². The first-order valence-corrected chi connectivity index (χ1v) is 12.2. The summed E-state index contributed by atoms with van der Waals surface area (Å²) in [6.45, 7) is 1.92. The fourth-order valence-corrected chi connectivity index (χ4v) is 4.76. The Morgan fingerprint density at radius 2 is 1.80 bits per heavy atom. The average molecular weight is 450 g/mol. The molecule has 1 aromatic heterocycles. The third-order valence-electron chi connectivity index (χ3n) is 5.55. The van der Waals surface area contributed by atoms with Crippen molar-refractivity contribution < 1.29 is 17.9 Å². The largest absolute Gasteiger partial charge is 0.490 e. The van der Waals surface area contributed by atoms with Crippen LogP contribution in [0.4, 0.5) is 0 Å². The van der Waals surface area contributed by atoms with E-state index < -0.39 is 10.0 Å². The van der Waals surface area contributed by atoms with Crippen molar-refractivity contribution >= 4 is 27.5 Å². The molecule has 1 fully saturated rings.